The van der Waals surface area contributed by atoms with Crippen LogP contribution in [0, 0.1) is 0 Å². The van der Waals surface area contributed by atoms with Gasteiger partial charge >= 0.3 is 0 Å². The van der Waals surface area contributed by atoms with Crippen LogP contribution >= 0.6 is 63.7 Å². The highest BCUT2D eigenvalue weighted by molar-refractivity contribution is 9.13. The first-order valence-corrected chi connectivity index (χ1v) is 12.0. The summed E-state index contributed by atoms with van der Waals surface area (Å²) in [6.07, 6.45) is 0. The van der Waals surface area contributed by atoms with Crippen LogP contribution in [0.1, 0.15) is 0 Å². The SMILES string of the molecule is Brc1ccc(Oc2ccc(Br)c(Br)c2-c2ccccc2)c(-c2ccccc2)c1Br. The van der Waals surface area contributed by atoms with Gasteiger partial charge in [-0.15, -0.1) is 0 Å². The number of hydrogen-bond acceptors (Lipinski definition) is 1. The number of halogens is 4. The van der Waals surface area contributed by atoms with Crippen molar-refractivity contribution in [1.82, 2.24) is 0 Å². The van der Waals surface area contributed by atoms with Gasteiger partial charge in [-0.1, -0.05) is 60.7 Å². The van der Waals surface area contributed by atoms with E-state index in [-0.39, 0.29) is 0 Å². The summed E-state index contributed by atoms with van der Waals surface area (Å²) in [4.78, 5) is 0. The highest BCUT2D eigenvalue weighted by Crippen LogP contribution is 2.46. The van der Waals surface area contributed by atoms with Crippen molar-refractivity contribution in [3.05, 3.63) is 103 Å². The number of benzene rings is 4. The number of hydrogen-bond donors (Lipinski definition) is 0. The van der Waals surface area contributed by atoms with E-state index in [0.29, 0.717) is 0 Å². The summed E-state index contributed by atoms with van der Waals surface area (Å²) in [6.45, 7) is 0. The average molecular weight is 638 g/mol. The van der Waals surface area contributed by atoms with Crippen LogP contribution in [0.15, 0.2) is 103 Å². The Bertz CT molecular complexity index is 1070. The van der Waals surface area contributed by atoms with E-state index in [9.17, 15) is 0 Å². The molecule has 0 aliphatic heterocycles. The smallest absolute Gasteiger partial charge is 0.136 e. The molecule has 4 rings (SSSR count). The van der Waals surface area contributed by atoms with E-state index in [2.05, 4.69) is 88.0 Å². The summed E-state index contributed by atoms with van der Waals surface area (Å²) in [5.74, 6) is 1.55. The van der Waals surface area contributed by atoms with Crippen LogP contribution in [-0.4, -0.2) is 0 Å². The van der Waals surface area contributed by atoms with Crippen molar-refractivity contribution >= 4 is 63.7 Å². The van der Waals surface area contributed by atoms with Gasteiger partial charge in [0.1, 0.15) is 11.5 Å². The van der Waals surface area contributed by atoms with Crippen LogP contribution in [0.2, 0.25) is 0 Å². The summed E-state index contributed by atoms with van der Waals surface area (Å²) in [5.41, 5.74) is 4.15. The van der Waals surface area contributed by atoms with Crippen molar-refractivity contribution < 1.29 is 4.74 Å². The molecule has 29 heavy (non-hydrogen) atoms. The highest BCUT2D eigenvalue weighted by Gasteiger charge is 2.18. The van der Waals surface area contributed by atoms with Gasteiger partial charge in [-0.3, -0.25) is 0 Å². The largest absolute Gasteiger partial charge is 0.456 e. The molecule has 0 saturated heterocycles. The second kappa shape index (κ2) is 9.17. The molecule has 0 heterocycles. The zero-order valence-electron chi connectivity index (χ0n) is 15.0. The third-order valence-corrected chi connectivity index (χ3v) is 8.49. The van der Waals surface area contributed by atoms with Gasteiger partial charge in [0, 0.05) is 29.0 Å². The van der Waals surface area contributed by atoms with Crippen molar-refractivity contribution in [2.75, 3.05) is 0 Å². The van der Waals surface area contributed by atoms with E-state index in [0.717, 1.165) is 51.6 Å². The Morgan fingerprint density at radius 1 is 0.448 bits per heavy atom. The van der Waals surface area contributed by atoms with Crippen LogP contribution in [0.25, 0.3) is 22.3 Å². The van der Waals surface area contributed by atoms with E-state index in [1.165, 1.54) is 0 Å². The fourth-order valence-corrected chi connectivity index (χ4v) is 4.88. The van der Waals surface area contributed by atoms with E-state index in [1.54, 1.807) is 0 Å². The Labute approximate surface area is 203 Å². The number of ether oxygens (including phenoxy) is 1. The Morgan fingerprint density at radius 2 is 0.828 bits per heavy atom. The van der Waals surface area contributed by atoms with Gasteiger partial charge in [0.05, 0.1) is 0 Å². The summed E-state index contributed by atoms with van der Waals surface area (Å²) in [7, 11) is 0. The van der Waals surface area contributed by atoms with Crippen molar-refractivity contribution in [1.29, 1.82) is 0 Å². The standard InChI is InChI=1S/C24H14Br4O/c25-17-11-13-19(21(23(17)27)15-7-3-1-4-8-15)29-20-14-12-18(26)24(28)22(20)16-9-5-2-6-10-16/h1-14H. The molecule has 0 fully saturated rings. The van der Waals surface area contributed by atoms with Gasteiger partial charge in [-0.2, -0.15) is 0 Å². The molecular weight excluding hydrogens is 624 g/mol. The molecule has 0 amide bonds. The molecule has 0 aromatic heterocycles. The topological polar surface area (TPSA) is 9.23 Å². The molecule has 0 unspecified atom stereocenters. The molecule has 0 N–H and O–H groups in total. The maximum absolute atomic E-state index is 6.52. The quantitative estimate of drug-likeness (QED) is 0.216. The molecule has 4 aromatic carbocycles. The molecule has 0 aliphatic carbocycles. The van der Waals surface area contributed by atoms with E-state index in [4.69, 9.17) is 4.74 Å². The van der Waals surface area contributed by atoms with Gasteiger partial charge < -0.3 is 4.74 Å². The monoisotopic (exact) mass is 634 g/mol. The molecule has 144 valence electrons. The third kappa shape index (κ3) is 4.38. The summed E-state index contributed by atoms with van der Waals surface area (Å²) < 4.78 is 10.4. The van der Waals surface area contributed by atoms with E-state index in [1.807, 2.05) is 60.7 Å². The lowest BCUT2D eigenvalue weighted by molar-refractivity contribution is 0.485. The molecule has 0 spiro atoms. The molecule has 1 nitrogen and oxygen atoms in total. The van der Waals surface area contributed by atoms with Gasteiger partial charge in [0.15, 0.2) is 0 Å². The van der Waals surface area contributed by atoms with Crippen molar-refractivity contribution in [3.63, 3.8) is 0 Å². The van der Waals surface area contributed by atoms with Crippen LogP contribution < -0.4 is 4.74 Å². The molecule has 0 radical (unpaired) electrons. The van der Waals surface area contributed by atoms with Crippen molar-refractivity contribution in [3.8, 4) is 33.8 Å². The first-order chi connectivity index (χ1) is 14.1. The molecule has 0 atom stereocenters. The van der Waals surface area contributed by atoms with Gasteiger partial charge in [0.2, 0.25) is 0 Å². The Morgan fingerprint density at radius 3 is 1.21 bits per heavy atom. The van der Waals surface area contributed by atoms with Gasteiger partial charge in [-0.25, -0.2) is 0 Å². The zero-order valence-corrected chi connectivity index (χ0v) is 21.3. The lowest BCUT2D eigenvalue weighted by atomic mass is 10.0. The van der Waals surface area contributed by atoms with Gasteiger partial charge in [-0.05, 0) is 99.1 Å². The predicted octanol–water partition coefficient (Wildman–Crippen LogP) is 9.86. The molecule has 5 heteroatoms. The fourth-order valence-electron chi connectivity index (χ4n) is 3.10. The van der Waals surface area contributed by atoms with Gasteiger partial charge in [0.25, 0.3) is 0 Å². The third-order valence-electron chi connectivity index (χ3n) is 4.46. The first-order valence-electron chi connectivity index (χ1n) is 8.81. The van der Waals surface area contributed by atoms with Crippen LogP contribution in [-0.2, 0) is 0 Å². The Hall–Kier alpha value is -1.40. The molecular formula is C24H14Br4O. The van der Waals surface area contributed by atoms with E-state index >= 15 is 0 Å². The molecule has 0 bridgehead atoms. The highest BCUT2D eigenvalue weighted by atomic mass is 79.9. The second-order valence-corrected chi connectivity index (χ2v) is 9.60. The van der Waals surface area contributed by atoms with Crippen LogP contribution in [0.4, 0.5) is 0 Å². The normalized spacial score (nSPS) is 10.8. The molecule has 4 aromatic rings. The lowest BCUT2D eigenvalue weighted by Crippen LogP contribution is -1.94. The lowest BCUT2D eigenvalue weighted by Gasteiger charge is -2.18. The summed E-state index contributed by atoms with van der Waals surface area (Å²) in [5, 5.41) is 0. The van der Waals surface area contributed by atoms with Crippen LogP contribution in [0.5, 0.6) is 11.5 Å². The van der Waals surface area contributed by atoms with Crippen LogP contribution in [0.3, 0.4) is 0 Å². The summed E-state index contributed by atoms with van der Waals surface area (Å²) in [6, 6.07) is 28.4. The predicted molar refractivity (Wildman–Crippen MR) is 135 cm³/mol. The zero-order chi connectivity index (χ0) is 20.4. The van der Waals surface area contributed by atoms with Crippen molar-refractivity contribution in [2.24, 2.45) is 0 Å². The van der Waals surface area contributed by atoms with E-state index < -0.39 is 0 Å². The molecule has 0 aliphatic rings. The Kier molecular flexibility index (Phi) is 6.60. The minimum Gasteiger partial charge on any atom is -0.456 e. The second-order valence-electron chi connectivity index (χ2n) is 6.30. The first kappa shape index (κ1) is 20.9. The maximum atomic E-state index is 6.52. The minimum absolute atomic E-state index is 0.776. The number of rotatable bonds is 4. The fraction of sp³-hybridized carbons (Fsp3) is 0. The average Bonchev–Trinajstić information content (AvgIpc) is 2.75. The van der Waals surface area contributed by atoms with Crippen molar-refractivity contribution in [2.45, 2.75) is 0 Å². The minimum atomic E-state index is 0.776. The maximum Gasteiger partial charge on any atom is 0.136 e. The summed E-state index contributed by atoms with van der Waals surface area (Å²) >= 11 is 14.7. The Balaban J connectivity index is 1.89. The molecule has 0 saturated carbocycles.